The molecular weight excluding hydrogens is 276 g/mol. The number of anilines is 1. The summed E-state index contributed by atoms with van der Waals surface area (Å²) in [4.78, 5) is 23.5. The predicted molar refractivity (Wildman–Crippen MR) is 75.0 cm³/mol. The zero-order chi connectivity index (χ0) is 15.2. The molecule has 5 heteroatoms. The van der Waals surface area contributed by atoms with Gasteiger partial charge in [0.1, 0.15) is 17.3 Å². The molecule has 2 rings (SSSR count). The van der Waals surface area contributed by atoms with E-state index in [1.54, 1.807) is 30.3 Å². The summed E-state index contributed by atoms with van der Waals surface area (Å²) < 4.78 is 26.7. The Bertz CT molecular complexity index is 636. The highest BCUT2D eigenvalue weighted by atomic mass is 19.1. The molecule has 0 atom stereocenters. The summed E-state index contributed by atoms with van der Waals surface area (Å²) in [6.45, 7) is 0. The summed E-state index contributed by atoms with van der Waals surface area (Å²) in [6.07, 6.45) is -0.159. The van der Waals surface area contributed by atoms with Gasteiger partial charge in [-0.15, -0.1) is 0 Å². The summed E-state index contributed by atoms with van der Waals surface area (Å²) in [5.74, 6) is -2.50. The second kappa shape index (κ2) is 6.74. The van der Waals surface area contributed by atoms with Gasteiger partial charge in [0, 0.05) is 18.4 Å². The molecule has 0 saturated carbocycles. The Morgan fingerprint density at radius 2 is 1.48 bits per heavy atom. The van der Waals surface area contributed by atoms with E-state index in [1.807, 2.05) is 0 Å². The molecule has 2 aromatic carbocycles. The normalized spacial score (nSPS) is 10.2. The number of hydrogen-bond donors (Lipinski definition) is 1. The van der Waals surface area contributed by atoms with Crippen LogP contribution in [0.4, 0.5) is 14.5 Å². The molecule has 3 nitrogen and oxygen atoms in total. The number of carbonyl (C=O) groups excluding carboxylic acids is 2. The number of rotatable bonds is 5. The molecule has 1 N–H and O–H groups in total. The van der Waals surface area contributed by atoms with Crippen molar-refractivity contribution in [1.29, 1.82) is 0 Å². The summed E-state index contributed by atoms with van der Waals surface area (Å²) >= 11 is 0. The summed E-state index contributed by atoms with van der Waals surface area (Å²) in [5, 5.41) is 2.14. The number of hydrogen-bond acceptors (Lipinski definition) is 2. The standard InChI is InChI=1S/C16H13F2NO2/c17-12-7-4-8-13(18)16(12)19-15(21)10-9-14(20)11-5-2-1-3-6-11/h1-8H,9-10H2,(H,19,21). The lowest BCUT2D eigenvalue weighted by Gasteiger charge is -2.07. The fraction of sp³-hybridized carbons (Fsp3) is 0.125. The molecule has 0 unspecified atom stereocenters. The van der Waals surface area contributed by atoms with Crippen molar-refractivity contribution in [2.24, 2.45) is 0 Å². The molecule has 1 amide bonds. The summed E-state index contributed by atoms with van der Waals surface area (Å²) in [5.41, 5.74) is 0.0111. The van der Waals surface area contributed by atoms with Gasteiger partial charge >= 0.3 is 0 Å². The van der Waals surface area contributed by atoms with E-state index >= 15 is 0 Å². The number of halogens is 2. The lowest BCUT2D eigenvalue weighted by atomic mass is 10.1. The third-order valence-corrected chi connectivity index (χ3v) is 2.90. The second-order valence-electron chi connectivity index (χ2n) is 4.43. The maximum atomic E-state index is 13.4. The molecule has 0 heterocycles. The molecule has 0 fully saturated rings. The average molecular weight is 289 g/mol. The monoisotopic (exact) mass is 289 g/mol. The molecule has 0 radical (unpaired) electrons. The van der Waals surface area contributed by atoms with Crippen LogP contribution in [0.1, 0.15) is 23.2 Å². The van der Waals surface area contributed by atoms with Gasteiger partial charge in [-0.2, -0.15) is 0 Å². The molecule has 0 aromatic heterocycles. The maximum Gasteiger partial charge on any atom is 0.224 e. The lowest BCUT2D eigenvalue weighted by molar-refractivity contribution is -0.116. The van der Waals surface area contributed by atoms with Crippen LogP contribution >= 0.6 is 0 Å². The topological polar surface area (TPSA) is 46.2 Å². The van der Waals surface area contributed by atoms with E-state index in [-0.39, 0.29) is 18.6 Å². The van der Waals surface area contributed by atoms with Gasteiger partial charge in [0.05, 0.1) is 0 Å². The number of para-hydroxylation sites is 1. The first-order valence-electron chi connectivity index (χ1n) is 6.40. The van der Waals surface area contributed by atoms with E-state index < -0.39 is 23.2 Å². The SMILES string of the molecule is O=C(CCC(=O)c1ccccc1)Nc1c(F)cccc1F. The van der Waals surface area contributed by atoms with Crippen LogP contribution in [0.25, 0.3) is 0 Å². The van der Waals surface area contributed by atoms with Gasteiger partial charge in [0.25, 0.3) is 0 Å². The molecule has 0 aliphatic carbocycles. The van der Waals surface area contributed by atoms with Crippen molar-refractivity contribution in [2.75, 3.05) is 5.32 Å². The van der Waals surface area contributed by atoms with Crippen LogP contribution in [0.2, 0.25) is 0 Å². The maximum absolute atomic E-state index is 13.4. The second-order valence-corrected chi connectivity index (χ2v) is 4.43. The fourth-order valence-corrected chi connectivity index (χ4v) is 1.81. The number of benzene rings is 2. The van der Waals surface area contributed by atoms with Crippen LogP contribution in [-0.4, -0.2) is 11.7 Å². The highest BCUT2D eigenvalue weighted by Gasteiger charge is 2.13. The van der Waals surface area contributed by atoms with Crippen LogP contribution in [0.5, 0.6) is 0 Å². The Kier molecular flexibility index (Phi) is 4.77. The van der Waals surface area contributed by atoms with Crippen molar-refractivity contribution < 1.29 is 18.4 Å². The first kappa shape index (κ1) is 14.8. The largest absolute Gasteiger partial charge is 0.321 e. The van der Waals surface area contributed by atoms with Gasteiger partial charge in [-0.3, -0.25) is 9.59 Å². The zero-order valence-electron chi connectivity index (χ0n) is 11.1. The molecular formula is C16H13F2NO2. The van der Waals surface area contributed by atoms with Gasteiger partial charge in [-0.1, -0.05) is 36.4 Å². The van der Waals surface area contributed by atoms with Gasteiger partial charge in [0.2, 0.25) is 5.91 Å². The van der Waals surface area contributed by atoms with Crippen molar-refractivity contribution >= 4 is 17.4 Å². The molecule has 0 aliphatic heterocycles. The highest BCUT2D eigenvalue weighted by Crippen LogP contribution is 2.18. The Morgan fingerprint density at radius 1 is 0.857 bits per heavy atom. The van der Waals surface area contributed by atoms with Crippen LogP contribution in [0.3, 0.4) is 0 Å². The van der Waals surface area contributed by atoms with E-state index in [9.17, 15) is 18.4 Å². The minimum Gasteiger partial charge on any atom is -0.321 e. The van der Waals surface area contributed by atoms with Gasteiger partial charge in [-0.05, 0) is 12.1 Å². The van der Waals surface area contributed by atoms with E-state index in [1.165, 1.54) is 6.07 Å². The van der Waals surface area contributed by atoms with E-state index in [2.05, 4.69) is 5.32 Å². The Balaban J connectivity index is 1.92. The van der Waals surface area contributed by atoms with Crippen molar-refractivity contribution in [3.63, 3.8) is 0 Å². The molecule has 0 bridgehead atoms. The molecule has 108 valence electrons. The zero-order valence-corrected chi connectivity index (χ0v) is 11.1. The van der Waals surface area contributed by atoms with Crippen LogP contribution in [0, 0.1) is 11.6 Å². The summed E-state index contributed by atoms with van der Waals surface area (Å²) in [7, 11) is 0. The van der Waals surface area contributed by atoms with Crippen LogP contribution in [-0.2, 0) is 4.79 Å². The van der Waals surface area contributed by atoms with Gasteiger partial charge < -0.3 is 5.32 Å². The Labute approximate surface area is 120 Å². The first-order valence-corrected chi connectivity index (χ1v) is 6.40. The minimum absolute atomic E-state index is 0.0219. The number of carbonyl (C=O) groups is 2. The Morgan fingerprint density at radius 3 is 2.10 bits per heavy atom. The Hall–Kier alpha value is -2.56. The predicted octanol–water partition coefficient (Wildman–Crippen LogP) is 3.57. The van der Waals surface area contributed by atoms with Crippen molar-refractivity contribution in [3.05, 3.63) is 65.7 Å². The van der Waals surface area contributed by atoms with E-state index in [4.69, 9.17) is 0 Å². The van der Waals surface area contributed by atoms with Gasteiger partial charge in [0.15, 0.2) is 5.78 Å². The highest BCUT2D eigenvalue weighted by molar-refractivity contribution is 6.00. The van der Waals surface area contributed by atoms with Crippen LogP contribution in [0.15, 0.2) is 48.5 Å². The quantitative estimate of drug-likeness (QED) is 0.855. The fourth-order valence-electron chi connectivity index (χ4n) is 1.81. The van der Waals surface area contributed by atoms with Gasteiger partial charge in [-0.25, -0.2) is 8.78 Å². The number of amides is 1. The summed E-state index contributed by atoms with van der Waals surface area (Å²) in [6, 6.07) is 11.8. The molecule has 0 aliphatic rings. The number of Topliss-reactive ketones (excluding diaryl/α,β-unsaturated/α-hetero) is 1. The van der Waals surface area contributed by atoms with E-state index in [0.29, 0.717) is 5.56 Å². The average Bonchev–Trinajstić information content (AvgIpc) is 2.49. The molecule has 0 saturated heterocycles. The molecule has 0 spiro atoms. The van der Waals surface area contributed by atoms with E-state index in [0.717, 1.165) is 12.1 Å². The first-order chi connectivity index (χ1) is 10.1. The third-order valence-electron chi connectivity index (χ3n) is 2.90. The lowest BCUT2D eigenvalue weighted by Crippen LogP contribution is -2.15. The smallest absolute Gasteiger partial charge is 0.224 e. The van der Waals surface area contributed by atoms with Crippen molar-refractivity contribution in [1.82, 2.24) is 0 Å². The van der Waals surface area contributed by atoms with Crippen LogP contribution < -0.4 is 5.32 Å². The van der Waals surface area contributed by atoms with Crippen molar-refractivity contribution in [3.8, 4) is 0 Å². The number of ketones is 1. The minimum atomic E-state index is -0.849. The molecule has 2 aromatic rings. The third kappa shape index (κ3) is 3.95. The molecule has 21 heavy (non-hydrogen) atoms. The number of nitrogens with one attached hydrogen (secondary N) is 1. The van der Waals surface area contributed by atoms with Crippen molar-refractivity contribution in [2.45, 2.75) is 12.8 Å².